The molecule has 0 aromatic heterocycles. The molecule has 9 heteroatoms. The van der Waals surface area contributed by atoms with Gasteiger partial charge in [0.25, 0.3) is 5.97 Å². The fourth-order valence-corrected chi connectivity index (χ4v) is 2.07. The third kappa shape index (κ3) is 45.0. The summed E-state index contributed by atoms with van der Waals surface area (Å²) in [4.78, 5) is 0. The van der Waals surface area contributed by atoms with Crippen molar-refractivity contribution in [1.29, 1.82) is 0 Å². The minimum absolute atomic E-state index is 0. The standard InChI is InChI=1S/C12H26O4S.C2H6O3.Na/c1-2-3-4-5-6-7-8-9-10-11-12-16-17(13,14)15;1-2(3,4)5;/h2-12H2,1H3,(H,13,14,15);3-5H,1H3;/q;;+1/p-1. The fraction of sp³-hybridized carbons (Fsp3) is 1.00. The fourth-order valence-electron chi connectivity index (χ4n) is 1.75. The molecule has 0 fully saturated rings. The maximum absolute atomic E-state index is 10.1. The van der Waals surface area contributed by atoms with Crippen molar-refractivity contribution in [2.24, 2.45) is 0 Å². The van der Waals surface area contributed by atoms with Crippen molar-refractivity contribution in [3.63, 3.8) is 0 Å². The minimum Gasteiger partial charge on any atom is -0.726 e. The summed E-state index contributed by atoms with van der Waals surface area (Å²) in [5.41, 5.74) is 0. The Morgan fingerprint density at radius 2 is 1.17 bits per heavy atom. The third-order valence-corrected chi connectivity index (χ3v) is 3.18. The van der Waals surface area contributed by atoms with Gasteiger partial charge in [-0.25, -0.2) is 8.42 Å². The van der Waals surface area contributed by atoms with E-state index in [0.29, 0.717) is 6.42 Å². The Balaban J connectivity index is -0.000000578. The first-order valence-electron chi connectivity index (χ1n) is 7.83. The van der Waals surface area contributed by atoms with Crippen LogP contribution in [0.25, 0.3) is 0 Å². The molecule has 0 bridgehead atoms. The molecule has 7 nitrogen and oxygen atoms in total. The summed E-state index contributed by atoms with van der Waals surface area (Å²) in [6.07, 6.45) is 11.7. The minimum atomic E-state index is -4.48. The van der Waals surface area contributed by atoms with Crippen molar-refractivity contribution in [3.05, 3.63) is 0 Å². The predicted octanol–water partition coefficient (Wildman–Crippen LogP) is -0.975. The second-order valence-electron chi connectivity index (χ2n) is 5.38. The second-order valence-corrected chi connectivity index (χ2v) is 6.44. The van der Waals surface area contributed by atoms with Crippen LogP contribution in [0, 0.1) is 0 Å². The van der Waals surface area contributed by atoms with Crippen molar-refractivity contribution in [2.45, 2.75) is 84.0 Å². The molecule has 0 heterocycles. The zero-order valence-electron chi connectivity index (χ0n) is 14.7. The van der Waals surface area contributed by atoms with E-state index in [4.69, 9.17) is 15.3 Å². The topological polar surface area (TPSA) is 127 Å². The Hall–Kier alpha value is 0.750. The molecule has 0 radical (unpaired) electrons. The number of rotatable bonds is 12. The van der Waals surface area contributed by atoms with Gasteiger partial charge in [-0.3, -0.25) is 4.18 Å². The quantitative estimate of drug-likeness (QED) is 0.133. The molecule has 0 spiro atoms. The number of hydrogen-bond donors (Lipinski definition) is 3. The summed E-state index contributed by atoms with van der Waals surface area (Å²) in [5.74, 6) is -2.50. The normalized spacial score (nSPS) is 11.4. The second kappa shape index (κ2) is 17.6. The average Bonchev–Trinajstić information content (AvgIpc) is 2.32. The van der Waals surface area contributed by atoms with Gasteiger partial charge in [0.15, 0.2) is 0 Å². The van der Waals surface area contributed by atoms with Crippen LogP contribution < -0.4 is 29.6 Å². The maximum Gasteiger partial charge on any atom is 1.00 e. The number of unbranched alkanes of at least 4 members (excludes halogenated alkanes) is 9. The van der Waals surface area contributed by atoms with Gasteiger partial charge in [0, 0.05) is 6.92 Å². The van der Waals surface area contributed by atoms with Gasteiger partial charge >= 0.3 is 29.6 Å². The van der Waals surface area contributed by atoms with Gasteiger partial charge in [-0.2, -0.15) is 0 Å². The van der Waals surface area contributed by atoms with Crippen LogP contribution in [0.4, 0.5) is 0 Å². The molecule has 0 aromatic carbocycles. The molecule has 136 valence electrons. The van der Waals surface area contributed by atoms with E-state index in [9.17, 15) is 13.0 Å². The predicted molar refractivity (Wildman–Crippen MR) is 82.6 cm³/mol. The Labute approximate surface area is 162 Å². The van der Waals surface area contributed by atoms with E-state index in [1.165, 1.54) is 44.9 Å². The van der Waals surface area contributed by atoms with Crippen LogP contribution in [0.1, 0.15) is 78.1 Å². The summed E-state index contributed by atoms with van der Waals surface area (Å²) in [5, 5.41) is 22.9. The summed E-state index contributed by atoms with van der Waals surface area (Å²) in [6.45, 7) is 3.10. The third-order valence-electron chi connectivity index (χ3n) is 2.73. The zero-order chi connectivity index (χ0) is 17.5. The molecule has 23 heavy (non-hydrogen) atoms. The van der Waals surface area contributed by atoms with Gasteiger partial charge in [-0.15, -0.1) is 0 Å². The smallest absolute Gasteiger partial charge is 0.726 e. The van der Waals surface area contributed by atoms with Crippen LogP contribution in [0.2, 0.25) is 0 Å². The Morgan fingerprint density at radius 1 is 0.870 bits per heavy atom. The molecule has 0 aliphatic rings. The number of hydrogen-bond acceptors (Lipinski definition) is 7. The molecule has 0 saturated heterocycles. The van der Waals surface area contributed by atoms with E-state index in [1.54, 1.807) is 0 Å². The van der Waals surface area contributed by atoms with Crippen LogP contribution in [-0.2, 0) is 14.6 Å². The molecule has 0 unspecified atom stereocenters. The van der Waals surface area contributed by atoms with Gasteiger partial charge in [0.2, 0.25) is 10.4 Å². The van der Waals surface area contributed by atoms with E-state index >= 15 is 0 Å². The summed E-state index contributed by atoms with van der Waals surface area (Å²) < 4.78 is 34.5. The van der Waals surface area contributed by atoms with E-state index < -0.39 is 16.4 Å². The molecule has 0 rings (SSSR count). The Morgan fingerprint density at radius 3 is 1.48 bits per heavy atom. The Kier molecular flexibility index (Phi) is 21.8. The van der Waals surface area contributed by atoms with Crippen LogP contribution in [0.15, 0.2) is 0 Å². The summed E-state index contributed by atoms with van der Waals surface area (Å²) >= 11 is 0. The Bertz CT molecular complexity index is 323. The molecule has 0 aliphatic carbocycles. The summed E-state index contributed by atoms with van der Waals surface area (Å²) in [6, 6.07) is 0. The van der Waals surface area contributed by atoms with Gasteiger partial charge in [-0.1, -0.05) is 64.7 Å². The molecule has 3 N–H and O–H groups in total. The van der Waals surface area contributed by atoms with Crippen LogP contribution in [0.3, 0.4) is 0 Å². The molecule has 0 atom stereocenters. The first-order valence-corrected chi connectivity index (χ1v) is 9.17. The molecular weight excluding hydrogens is 335 g/mol. The molecule has 0 aromatic rings. The van der Waals surface area contributed by atoms with Crippen LogP contribution >= 0.6 is 0 Å². The molecular formula is C14H31NaO7S. The largest absolute Gasteiger partial charge is 1.00 e. The molecule has 0 aliphatic heterocycles. The summed E-state index contributed by atoms with van der Waals surface area (Å²) in [7, 11) is -4.48. The van der Waals surface area contributed by atoms with E-state index in [0.717, 1.165) is 19.8 Å². The van der Waals surface area contributed by atoms with Crippen molar-refractivity contribution in [1.82, 2.24) is 0 Å². The first kappa shape index (κ1) is 28.5. The number of aliphatic hydroxyl groups is 3. The van der Waals surface area contributed by atoms with Gasteiger partial charge in [0.1, 0.15) is 0 Å². The monoisotopic (exact) mass is 366 g/mol. The van der Waals surface area contributed by atoms with E-state index in [1.807, 2.05) is 0 Å². The van der Waals surface area contributed by atoms with Gasteiger partial charge < -0.3 is 19.9 Å². The van der Waals surface area contributed by atoms with Crippen molar-refractivity contribution in [2.75, 3.05) is 6.61 Å². The molecule has 0 saturated carbocycles. The average molecular weight is 366 g/mol. The van der Waals surface area contributed by atoms with Crippen molar-refractivity contribution < 1.29 is 62.0 Å². The SMILES string of the molecule is CC(O)(O)O.CCCCCCCCCCCCOS(=O)(=O)[O-].[Na+]. The van der Waals surface area contributed by atoms with Crippen LogP contribution in [0.5, 0.6) is 0 Å². The first-order chi connectivity index (χ1) is 10.1. The van der Waals surface area contributed by atoms with Gasteiger partial charge in [0.05, 0.1) is 6.61 Å². The molecule has 0 amide bonds. The van der Waals surface area contributed by atoms with Crippen molar-refractivity contribution in [3.8, 4) is 0 Å². The van der Waals surface area contributed by atoms with Crippen LogP contribution in [-0.4, -0.2) is 40.9 Å². The van der Waals surface area contributed by atoms with E-state index in [-0.39, 0.29) is 36.2 Å². The van der Waals surface area contributed by atoms with E-state index in [2.05, 4.69) is 11.1 Å². The zero-order valence-corrected chi connectivity index (χ0v) is 17.5. The maximum atomic E-state index is 10.1. The van der Waals surface area contributed by atoms with Gasteiger partial charge in [-0.05, 0) is 6.42 Å². The van der Waals surface area contributed by atoms with Crippen molar-refractivity contribution >= 4 is 10.4 Å².